The molecule has 1 saturated carbocycles. The van der Waals surface area contributed by atoms with Gasteiger partial charge < -0.3 is 11.1 Å². The molecule has 150 valence electrons. The zero-order valence-electron chi connectivity index (χ0n) is 15.1. The number of carbonyl (C=O) groups excluding carboxylic acids is 1. The molecule has 0 radical (unpaired) electrons. The molecular formula is C19H17ClN4O3S2. The van der Waals surface area contributed by atoms with Gasteiger partial charge in [-0.15, -0.1) is 0 Å². The number of benzene rings is 1. The van der Waals surface area contributed by atoms with Crippen molar-refractivity contribution in [3.63, 3.8) is 0 Å². The van der Waals surface area contributed by atoms with E-state index in [1.54, 1.807) is 6.07 Å². The van der Waals surface area contributed by atoms with E-state index in [-0.39, 0.29) is 20.2 Å². The van der Waals surface area contributed by atoms with E-state index in [2.05, 4.69) is 15.5 Å². The van der Waals surface area contributed by atoms with Crippen LogP contribution in [0.15, 0.2) is 57.9 Å². The molecule has 2 aliphatic carbocycles. The van der Waals surface area contributed by atoms with Gasteiger partial charge in [0.15, 0.2) is 5.82 Å². The number of aromatic nitrogens is 2. The highest BCUT2D eigenvalue weighted by Crippen LogP contribution is 2.39. The van der Waals surface area contributed by atoms with Crippen LogP contribution in [0.1, 0.15) is 24.5 Å². The number of sulfone groups is 1. The van der Waals surface area contributed by atoms with E-state index in [4.69, 9.17) is 29.6 Å². The van der Waals surface area contributed by atoms with Crippen LogP contribution in [0.2, 0.25) is 5.02 Å². The molecule has 29 heavy (non-hydrogen) atoms. The number of hydrogen-bond acceptors (Lipinski definition) is 6. The lowest BCUT2D eigenvalue weighted by Crippen LogP contribution is -2.40. The normalized spacial score (nSPS) is 19.5. The summed E-state index contributed by atoms with van der Waals surface area (Å²) >= 11 is 11.1. The summed E-state index contributed by atoms with van der Waals surface area (Å²) in [5.41, 5.74) is 7.21. The molecule has 1 atom stereocenters. The molecule has 1 unspecified atom stereocenters. The number of allylic oxidation sites excluding steroid dienone is 2. The van der Waals surface area contributed by atoms with Crippen molar-refractivity contribution in [1.82, 2.24) is 10.2 Å². The van der Waals surface area contributed by atoms with E-state index < -0.39 is 21.8 Å². The lowest BCUT2D eigenvalue weighted by molar-refractivity contribution is -0.112. The van der Waals surface area contributed by atoms with Gasteiger partial charge in [-0.05, 0) is 49.3 Å². The van der Waals surface area contributed by atoms with Crippen LogP contribution < -0.4 is 11.1 Å². The zero-order valence-corrected chi connectivity index (χ0v) is 17.4. The van der Waals surface area contributed by atoms with Crippen LogP contribution in [0.3, 0.4) is 0 Å². The molecule has 0 aliphatic heterocycles. The Morgan fingerprint density at radius 3 is 2.59 bits per heavy atom. The lowest BCUT2D eigenvalue weighted by atomic mass is 10.00. The molecule has 7 nitrogen and oxygen atoms in total. The van der Waals surface area contributed by atoms with Gasteiger partial charge in [-0.1, -0.05) is 23.8 Å². The van der Waals surface area contributed by atoms with E-state index in [1.165, 1.54) is 36.4 Å². The van der Waals surface area contributed by atoms with Crippen molar-refractivity contribution in [2.24, 2.45) is 5.73 Å². The van der Waals surface area contributed by atoms with Gasteiger partial charge in [-0.25, -0.2) is 8.42 Å². The van der Waals surface area contributed by atoms with Gasteiger partial charge in [0.2, 0.25) is 9.84 Å². The average molecular weight is 449 g/mol. The number of anilines is 1. The van der Waals surface area contributed by atoms with Gasteiger partial charge in [0.05, 0.1) is 21.4 Å². The number of thiocarbonyl (C=S) groups is 1. The number of nitrogens with one attached hydrogen (secondary N) is 2. The molecule has 1 amide bonds. The highest BCUT2D eigenvalue weighted by Gasteiger charge is 2.34. The predicted molar refractivity (Wildman–Crippen MR) is 115 cm³/mol. The molecule has 0 saturated heterocycles. The maximum atomic E-state index is 12.9. The van der Waals surface area contributed by atoms with Gasteiger partial charge in [0.25, 0.3) is 5.91 Å². The fourth-order valence-corrected chi connectivity index (χ4v) is 4.98. The minimum Gasteiger partial charge on any atom is -0.319 e. The molecule has 2 aliphatic rings. The zero-order chi connectivity index (χ0) is 20.8. The van der Waals surface area contributed by atoms with Crippen molar-refractivity contribution in [2.75, 3.05) is 5.32 Å². The van der Waals surface area contributed by atoms with E-state index in [0.717, 1.165) is 18.5 Å². The Bertz CT molecular complexity index is 1160. The smallest absolute Gasteiger partial charge is 0.258 e. The van der Waals surface area contributed by atoms with Gasteiger partial charge in [-0.3, -0.25) is 9.89 Å². The predicted octanol–water partition coefficient (Wildman–Crippen LogP) is 2.87. The SMILES string of the molecule is NC1C(=S)C(C(=O)Nc2cc(C3CC3)[nH]n2)=CC=C1S(=O)(=O)c1ccc(Cl)cc1. The summed E-state index contributed by atoms with van der Waals surface area (Å²) in [5, 5.41) is 10.1. The summed E-state index contributed by atoms with van der Waals surface area (Å²) in [4.78, 5) is 12.6. The Hall–Kier alpha value is -2.33. The van der Waals surface area contributed by atoms with Crippen LogP contribution in [-0.2, 0) is 14.6 Å². The molecule has 0 bridgehead atoms. The number of nitrogens with zero attached hydrogens (tertiary/aromatic N) is 1. The second-order valence-electron chi connectivity index (χ2n) is 6.89. The first-order valence-electron chi connectivity index (χ1n) is 8.86. The maximum absolute atomic E-state index is 12.9. The summed E-state index contributed by atoms with van der Waals surface area (Å²) < 4.78 is 25.8. The Labute approximate surface area is 177 Å². The van der Waals surface area contributed by atoms with Crippen molar-refractivity contribution in [3.05, 3.63) is 63.7 Å². The van der Waals surface area contributed by atoms with Crippen molar-refractivity contribution >= 4 is 50.2 Å². The van der Waals surface area contributed by atoms with E-state index >= 15 is 0 Å². The summed E-state index contributed by atoms with van der Waals surface area (Å²) in [6.07, 6.45) is 4.91. The quantitative estimate of drug-likeness (QED) is 0.605. The second-order valence-corrected chi connectivity index (χ2v) is 9.71. The monoisotopic (exact) mass is 448 g/mol. The molecule has 1 aromatic heterocycles. The van der Waals surface area contributed by atoms with E-state index in [9.17, 15) is 13.2 Å². The Morgan fingerprint density at radius 2 is 1.93 bits per heavy atom. The highest BCUT2D eigenvalue weighted by molar-refractivity contribution is 7.95. The molecule has 4 N–H and O–H groups in total. The van der Waals surface area contributed by atoms with E-state index in [1.807, 2.05) is 0 Å². The molecular weight excluding hydrogens is 432 g/mol. The summed E-state index contributed by atoms with van der Waals surface area (Å²) in [7, 11) is -3.87. The number of nitrogens with two attached hydrogens (primary N) is 1. The first-order chi connectivity index (χ1) is 13.8. The standard InChI is InChI=1S/C19H17ClN4O3S2/c20-11-3-5-12(6-4-11)29(26,27)15-8-7-13(18(28)17(15)21)19(25)22-16-9-14(23-24-16)10-1-2-10/h3-10,17H,1-2,21H2,(H2,22,23,24,25). The summed E-state index contributed by atoms with van der Waals surface area (Å²) in [6, 6.07) is 6.43. The van der Waals surface area contributed by atoms with Crippen LogP contribution in [0.4, 0.5) is 5.82 Å². The molecule has 0 spiro atoms. The van der Waals surface area contributed by atoms with Crippen molar-refractivity contribution in [2.45, 2.75) is 29.7 Å². The third-order valence-electron chi connectivity index (χ3n) is 4.80. The van der Waals surface area contributed by atoms with Crippen LogP contribution in [0.5, 0.6) is 0 Å². The lowest BCUT2D eigenvalue weighted by Gasteiger charge is -2.22. The third kappa shape index (κ3) is 3.91. The number of amides is 1. The molecule has 1 heterocycles. The Morgan fingerprint density at radius 1 is 1.24 bits per heavy atom. The van der Waals surface area contributed by atoms with Crippen molar-refractivity contribution < 1.29 is 13.2 Å². The number of halogens is 1. The van der Waals surface area contributed by atoms with Crippen LogP contribution in [0.25, 0.3) is 0 Å². The number of H-pyrrole nitrogens is 1. The number of rotatable bonds is 5. The highest BCUT2D eigenvalue weighted by atomic mass is 35.5. The number of hydrogen-bond donors (Lipinski definition) is 3. The molecule has 10 heteroatoms. The molecule has 1 aromatic carbocycles. The maximum Gasteiger partial charge on any atom is 0.258 e. The topological polar surface area (TPSA) is 118 Å². The van der Waals surface area contributed by atoms with Gasteiger partial charge in [0, 0.05) is 27.6 Å². The minimum absolute atomic E-state index is 0.0514. The molecule has 4 rings (SSSR count). The fourth-order valence-electron chi connectivity index (χ4n) is 3.03. The number of carbonyl (C=O) groups is 1. The second kappa shape index (κ2) is 7.49. The third-order valence-corrected chi connectivity index (χ3v) is 7.43. The largest absolute Gasteiger partial charge is 0.319 e. The van der Waals surface area contributed by atoms with Gasteiger partial charge >= 0.3 is 0 Å². The summed E-state index contributed by atoms with van der Waals surface area (Å²) in [6.45, 7) is 0. The first-order valence-corrected chi connectivity index (χ1v) is 11.1. The van der Waals surface area contributed by atoms with Gasteiger partial charge in [0.1, 0.15) is 0 Å². The van der Waals surface area contributed by atoms with Gasteiger partial charge in [-0.2, -0.15) is 5.10 Å². The first kappa shape index (κ1) is 20.0. The summed E-state index contributed by atoms with van der Waals surface area (Å²) in [5.74, 6) is 0.372. The minimum atomic E-state index is -3.87. The van der Waals surface area contributed by atoms with Crippen LogP contribution in [0, 0.1) is 0 Å². The van der Waals surface area contributed by atoms with Crippen LogP contribution in [-0.4, -0.2) is 35.4 Å². The fraction of sp³-hybridized carbons (Fsp3) is 0.211. The Balaban J connectivity index is 1.58. The van der Waals surface area contributed by atoms with Crippen molar-refractivity contribution in [1.29, 1.82) is 0 Å². The number of aromatic amines is 1. The Kier molecular flexibility index (Phi) is 5.16. The van der Waals surface area contributed by atoms with Crippen molar-refractivity contribution in [3.8, 4) is 0 Å². The average Bonchev–Trinajstić information content (AvgIpc) is 3.43. The molecule has 2 aromatic rings. The van der Waals surface area contributed by atoms with Crippen LogP contribution >= 0.6 is 23.8 Å². The van der Waals surface area contributed by atoms with E-state index in [0.29, 0.717) is 16.8 Å². The molecule has 1 fully saturated rings.